The molecule has 148 valence electrons. The van der Waals surface area contributed by atoms with Crippen LogP contribution in [0.15, 0.2) is 109 Å². The van der Waals surface area contributed by atoms with Gasteiger partial charge in [0.2, 0.25) is 0 Å². The number of aromatic nitrogens is 1. The molecule has 1 N–H and O–H groups in total. The molecule has 0 saturated carbocycles. The Hall–Kier alpha value is -4.11. The molecule has 0 bridgehead atoms. The van der Waals surface area contributed by atoms with Gasteiger partial charge in [-0.2, -0.15) is 0 Å². The Labute approximate surface area is 180 Å². The maximum absolute atomic E-state index is 13.6. The van der Waals surface area contributed by atoms with Crippen LogP contribution in [0.5, 0.6) is 0 Å². The summed E-state index contributed by atoms with van der Waals surface area (Å²) in [5.74, 6) is 0.0380. The van der Waals surface area contributed by atoms with Crippen LogP contribution in [0, 0.1) is 0 Å². The van der Waals surface area contributed by atoms with Gasteiger partial charge in [0.05, 0.1) is 11.7 Å². The van der Waals surface area contributed by atoms with Crippen molar-refractivity contribution < 1.29 is 4.79 Å². The third-order valence-electron chi connectivity index (χ3n) is 6.08. The lowest BCUT2D eigenvalue weighted by molar-refractivity contribution is 0.0993. The van der Waals surface area contributed by atoms with E-state index in [-0.39, 0.29) is 11.9 Å². The van der Waals surface area contributed by atoms with Crippen LogP contribution in [0.25, 0.3) is 22.2 Å². The molecule has 1 aromatic heterocycles. The first-order chi connectivity index (χ1) is 15.3. The molecule has 1 amide bonds. The van der Waals surface area contributed by atoms with Gasteiger partial charge in [-0.1, -0.05) is 84.9 Å². The standard InChI is InChI=1S/C28H20N2O/c31-28-22-16-8-7-15-21(22)27(30(28)20-13-5-2-6-14-20)25-23-17-9-10-18-24(23)29-26(25)19-11-3-1-4-12-19/h1-18,27,29H/t27-/m1/s1. The van der Waals surface area contributed by atoms with Gasteiger partial charge in [-0.3, -0.25) is 9.69 Å². The Balaban J connectivity index is 1.68. The summed E-state index contributed by atoms with van der Waals surface area (Å²) in [6, 6.07) is 36.4. The third-order valence-corrected chi connectivity index (χ3v) is 6.08. The van der Waals surface area contributed by atoms with E-state index in [1.54, 1.807) is 0 Å². The van der Waals surface area contributed by atoms with Crippen molar-refractivity contribution in [3.8, 4) is 11.3 Å². The molecule has 0 spiro atoms. The van der Waals surface area contributed by atoms with Crippen LogP contribution in [0.1, 0.15) is 27.5 Å². The van der Waals surface area contributed by atoms with E-state index in [9.17, 15) is 4.79 Å². The number of anilines is 1. The SMILES string of the molecule is O=C1c2ccccc2[C@H](c2c(-c3ccccc3)[nH]c3ccccc23)N1c1ccccc1. The molecule has 1 aliphatic heterocycles. The number of rotatable bonds is 3. The minimum absolute atomic E-state index is 0.0380. The second-order valence-electron chi connectivity index (χ2n) is 7.83. The Morgan fingerprint density at radius 2 is 1.32 bits per heavy atom. The normalized spacial score (nSPS) is 15.4. The number of amides is 1. The van der Waals surface area contributed by atoms with Crippen LogP contribution >= 0.6 is 0 Å². The van der Waals surface area contributed by atoms with Crippen molar-refractivity contribution in [3.63, 3.8) is 0 Å². The number of fused-ring (bicyclic) bond motifs is 2. The molecule has 0 radical (unpaired) electrons. The summed E-state index contributed by atoms with van der Waals surface area (Å²) in [6.07, 6.45) is 0. The van der Waals surface area contributed by atoms with Gasteiger partial charge in [0.15, 0.2) is 0 Å². The molecular formula is C28H20N2O. The lowest BCUT2D eigenvalue weighted by atomic mass is 9.93. The van der Waals surface area contributed by atoms with E-state index in [1.165, 1.54) is 0 Å². The Morgan fingerprint density at radius 3 is 2.13 bits per heavy atom. The van der Waals surface area contributed by atoms with Gasteiger partial charge in [0, 0.05) is 27.7 Å². The number of aromatic amines is 1. The number of nitrogens with zero attached hydrogens (tertiary/aromatic N) is 1. The van der Waals surface area contributed by atoms with Crippen molar-refractivity contribution in [2.45, 2.75) is 6.04 Å². The second-order valence-corrected chi connectivity index (χ2v) is 7.83. The van der Waals surface area contributed by atoms with Crippen molar-refractivity contribution in [1.29, 1.82) is 0 Å². The average molecular weight is 400 g/mol. The van der Waals surface area contributed by atoms with Crippen LogP contribution in [0.4, 0.5) is 5.69 Å². The smallest absolute Gasteiger partial charge is 0.259 e. The minimum Gasteiger partial charge on any atom is -0.354 e. The second kappa shape index (κ2) is 6.99. The van der Waals surface area contributed by atoms with Gasteiger partial charge in [0.1, 0.15) is 0 Å². The molecule has 0 fully saturated rings. The maximum Gasteiger partial charge on any atom is 0.259 e. The summed E-state index contributed by atoms with van der Waals surface area (Å²) >= 11 is 0. The minimum atomic E-state index is -0.211. The monoisotopic (exact) mass is 400 g/mol. The van der Waals surface area contributed by atoms with Crippen molar-refractivity contribution >= 4 is 22.5 Å². The first-order valence-corrected chi connectivity index (χ1v) is 10.5. The zero-order chi connectivity index (χ0) is 20.8. The van der Waals surface area contributed by atoms with Gasteiger partial charge in [-0.05, 0) is 35.4 Å². The van der Waals surface area contributed by atoms with Crippen LogP contribution < -0.4 is 4.90 Å². The molecule has 0 aliphatic carbocycles. The van der Waals surface area contributed by atoms with Crippen LogP contribution in [-0.2, 0) is 0 Å². The van der Waals surface area contributed by atoms with E-state index < -0.39 is 0 Å². The predicted octanol–water partition coefficient (Wildman–Crippen LogP) is 6.58. The molecule has 6 rings (SSSR count). The summed E-state index contributed by atoms with van der Waals surface area (Å²) < 4.78 is 0. The molecule has 31 heavy (non-hydrogen) atoms. The van der Waals surface area contributed by atoms with E-state index in [0.29, 0.717) is 0 Å². The van der Waals surface area contributed by atoms with E-state index >= 15 is 0 Å². The van der Waals surface area contributed by atoms with Crippen LogP contribution in [0.3, 0.4) is 0 Å². The lowest BCUT2D eigenvalue weighted by Crippen LogP contribution is -2.28. The zero-order valence-electron chi connectivity index (χ0n) is 16.8. The maximum atomic E-state index is 13.6. The number of hydrogen-bond acceptors (Lipinski definition) is 1. The molecule has 2 heterocycles. The van der Waals surface area contributed by atoms with Crippen molar-refractivity contribution in [1.82, 2.24) is 4.98 Å². The molecule has 3 nitrogen and oxygen atoms in total. The molecule has 5 aromatic rings. The highest BCUT2D eigenvalue weighted by atomic mass is 16.2. The van der Waals surface area contributed by atoms with E-state index in [4.69, 9.17) is 0 Å². The molecule has 1 atom stereocenters. The van der Waals surface area contributed by atoms with Gasteiger partial charge in [-0.15, -0.1) is 0 Å². The zero-order valence-corrected chi connectivity index (χ0v) is 16.8. The number of hydrogen-bond donors (Lipinski definition) is 1. The molecule has 1 aliphatic rings. The number of H-pyrrole nitrogens is 1. The molecule has 4 aromatic carbocycles. The lowest BCUT2D eigenvalue weighted by Gasteiger charge is -2.27. The third kappa shape index (κ3) is 2.71. The first kappa shape index (κ1) is 17.7. The molecule has 0 unspecified atom stereocenters. The van der Waals surface area contributed by atoms with Crippen LogP contribution in [0.2, 0.25) is 0 Å². The number of benzene rings is 4. The Kier molecular flexibility index (Phi) is 4.00. The molecular weight excluding hydrogens is 380 g/mol. The Bertz CT molecular complexity index is 1400. The fraction of sp³-hybridized carbons (Fsp3) is 0.0357. The highest BCUT2D eigenvalue weighted by Gasteiger charge is 2.40. The van der Waals surface area contributed by atoms with Crippen molar-refractivity contribution in [3.05, 3.63) is 126 Å². The topological polar surface area (TPSA) is 36.1 Å². The average Bonchev–Trinajstić information content (AvgIpc) is 3.35. The summed E-state index contributed by atoms with van der Waals surface area (Å²) in [4.78, 5) is 19.2. The van der Waals surface area contributed by atoms with Crippen molar-refractivity contribution in [2.75, 3.05) is 4.90 Å². The van der Waals surface area contributed by atoms with Gasteiger partial charge < -0.3 is 4.98 Å². The number of nitrogens with one attached hydrogen (secondary N) is 1. The molecule has 3 heteroatoms. The fourth-order valence-corrected chi connectivity index (χ4v) is 4.74. The van der Waals surface area contributed by atoms with Gasteiger partial charge in [0.25, 0.3) is 5.91 Å². The summed E-state index contributed by atoms with van der Waals surface area (Å²) in [7, 11) is 0. The summed E-state index contributed by atoms with van der Waals surface area (Å²) in [5, 5.41) is 1.14. The van der Waals surface area contributed by atoms with Crippen LogP contribution in [-0.4, -0.2) is 10.9 Å². The van der Waals surface area contributed by atoms with Crippen molar-refractivity contribution in [2.24, 2.45) is 0 Å². The van der Waals surface area contributed by atoms with E-state index in [0.717, 1.165) is 44.5 Å². The quantitative estimate of drug-likeness (QED) is 0.365. The first-order valence-electron chi connectivity index (χ1n) is 10.5. The Morgan fingerprint density at radius 1 is 0.677 bits per heavy atom. The van der Waals surface area contributed by atoms with E-state index in [1.807, 2.05) is 77.7 Å². The summed E-state index contributed by atoms with van der Waals surface area (Å²) in [5.41, 5.74) is 7.07. The largest absolute Gasteiger partial charge is 0.354 e. The predicted molar refractivity (Wildman–Crippen MR) is 125 cm³/mol. The number of para-hydroxylation sites is 2. The van der Waals surface area contributed by atoms with Gasteiger partial charge in [-0.25, -0.2) is 0 Å². The molecule has 0 saturated heterocycles. The van der Waals surface area contributed by atoms with E-state index in [2.05, 4.69) is 41.4 Å². The fourth-order valence-electron chi connectivity index (χ4n) is 4.74. The number of carbonyl (C=O) groups is 1. The summed E-state index contributed by atoms with van der Waals surface area (Å²) in [6.45, 7) is 0. The highest BCUT2D eigenvalue weighted by Crippen LogP contribution is 2.47. The highest BCUT2D eigenvalue weighted by molar-refractivity contribution is 6.13. The number of carbonyl (C=O) groups excluding carboxylic acids is 1. The van der Waals surface area contributed by atoms with Gasteiger partial charge >= 0.3 is 0 Å².